The quantitative estimate of drug-likeness (QED) is 0.845. The van der Waals surface area contributed by atoms with Gasteiger partial charge in [0.1, 0.15) is 5.75 Å². The van der Waals surface area contributed by atoms with Gasteiger partial charge in [0.05, 0.1) is 19.4 Å². The van der Waals surface area contributed by atoms with Crippen molar-refractivity contribution < 1.29 is 22.6 Å². The van der Waals surface area contributed by atoms with Crippen molar-refractivity contribution in [3.8, 4) is 5.75 Å². The van der Waals surface area contributed by atoms with Crippen LogP contribution in [0, 0.1) is 0 Å². The van der Waals surface area contributed by atoms with E-state index in [2.05, 4.69) is 26.0 Å². The molecule has 17 heavy (non-hydrogen) atoms. The number of halogens is 4. The fourth-order valence-electron chi connectivity index (χ4n) is 1.12. The number of nitrogens with one attached hydrogen (secondary N) is 1. The molecule has 0 spiro atoms. The summed E-state index contributed by atoms with van der Waals surface area (Å²) in [5, 5.41) is 2.81. The Morgan fingerprint density at radius 3 is 2.65 bits per heavy atom. The van der Waals surface area contributed by atoms with Crippen LogP contribution in [0.1, 0.15) is 0 Å². The largest absolute Gasteiger partial charge is 0.522 e. The predicted molar refractivity (Wildman–Crippen MR) is 61.2 cm³/mol. The summed E-state index contributed by atoms with van der Waals surface area (Å²) in [7, 11) is 1.51. The van der Waals surface area contributed by atoms with Crippen molar-refractivity contribution in [2.45, 2.75) is 6.36 Å². The standard InChI is InChI=1S/C10H11BrF3NO2/c1-16-7-2-3-8(11)9(6-7)15-4-5-17-10(12,13)14/h2-3,6,15H,4-5H2,1H3. The Kier molecular flexibility index (Phi) is 5.07. The van der Waals surface area contributed by atoms with E-state index in [-0.39, 0.29) is 6.54 Å². The minimum atomic E-state index is -4.59. The number of rotatable bonds is 5. The molecular weight excluding hydrogens is 303 g/mol. The van der Waals surface area contributed by atoms with Gasteiger partial charge < -0.3 is 10.1 Å². The zero-order valence-electron chi connectivity index (χ0n) is 8.97. The van der Waals surface area contributed by atoms with Crippen LogP contribution >= 0.6 is 15.9 Å². The third kappa shape index (κ3) is 5.27. The van der Waals surface area contributed by atoms with E-state index in [0.29, 0.717) is 11.4 Å². The highest BCUT2D eigenvalue weighted by Crippen LogP contribution is 2.27. The molecule has 1 aromatic carbocycles. The maximum Gasteiger partial charge on any atom is 0.522 e. The third-order valence-electron chi connectivity index (χ3n) is 1.86. The van der Waals surface area contributed by atoms with Crippen LogP contribution in [0.15, 0.2) is 22.7 Å². The molecule has 0 aliphatic rings. The van der Waals surface area contributed by atoms with E-state index in [0.717, 1.165) is 4.47 Å². The van der Waals surface area contributed by atoms with Crippen LogP contribution in [0.5, 0.6) is 5.75 Å². The van der Waals surface area contributed by atoms with Crippen LogP contribution in [0.3, 0.4) is 0 Å². The monoisotopic (exact) mass is 313 g/mol. The lowest BCUT2D eigenvalue weighted by Crippen LogP contribution is -2.19. The Hall–Kier alpha value is -0.950. The number of hydrogen-bond donors (Lipinski definition) is 1. The van der Waals surface area contributed by atoms with Crippen LogP contribution in [-0.4, -0.2) is 26.6 Å². The van der Waals surface area contributed by atoms with Gasteiger partial charge in [0.25, 0.3) is 0 Å². The van der Waals surface area contributed by atoms with Crippen LogP contribution in [-0.2, 0) is 4.74 Å². The van der Waals surface area contributed by atoms with Gasteiger partial charge in [-0.2, -0.15) is 0 Å². The molecule has 96 valence electrons. The second-order valence-corrected chi connectivity index (χ2v) is 3.92. The lowest BCUT2D eigenvalue weighted by atomic mass is 10.3. The topological polar surface area (TPSA) is 30.5 Å². The number of ether oxygens (including phenoxy) is 2. The molecule has 0 fully saturated rings. The molecule has 0 heterocycles. The molecular formula is C10H11BrF3NO2. The number of hydrogen-bond acceptors (Lipinski definition) is 3. The van der Waals surface area contributed by atoms with Crippen LogP contribution in [0.4, 0.5) is 18.9 Å². The van der Waals surface area contributed by atoms with Gasteiger partial charge in [-0.05, 0) is 28.1 Å². The van der Waals surface area contributed by atoms with Crippen molar-refractivity contribution in [1.29, 1.82) is 0 Å². The molecule has 0 aliphatic heterocycles. The number of methoxy groups -OCH3 is 1. The first-order valence-corrected chi connectivity index (χ1v) is 5.50. The van der Waals surface area contributed by atoms with E-state index in [1.165, 1.54) is 7.11 Å². The summed E-state index contributed by atoms with van der Waals surface area (Å²) >= 11 is 3.27. The Balaban J connectivity index is 2.46. The number of benzene rings is 1. The molecule has 0 unspecified atom stereocenters. The van der Waals surface area contributed by atoms with Crippen molar-refractivity contribution in [3.05, 3.63) is 22.7 Å². The molecule has 0 amide bonds. The summed E-state index contributed by atoms with van der Waals surface area (Å²) in [6.45, 7) is -0.404. The lowest BCUT2D eigenvalue weighted by molar-refractivity contribution is -0.322. The third-order valence-corrected chi connectivity index (χ3v) is 2.55. The fourth-order valence-corrected chi connectivity index (χ4v) is 1.51. The summed E-state index contributed by atoms with van der Waals surface area (Å²) < 4.78 is 44.5. The first kappa shape index (κ1) is 14.1. The number of alkyl halides is 3. The van der Waals surface area contributed by atoms with Gasteiger partial charge in [-0.15, -0.1) is 13.2 Å². The van der Waals surface area contributed by atoms with Crippen LogP contribution < -0.4 is 10.1 Å². The highest BCUT2D eigenvalue weighted by atomic mass is 79.9. The Morgan fingerprint density at radius 1 is 1.35 bits per heavy atom. The van der Waals surface area contributed by atoms with Gasteiger partial charge in [-0.1, -0.05) is 0 Å². The summed E-state index contributed by atoms with van der Waals surface area (Å²) in [5.74, 6) is 0.618. The second kappa shape index (κ2) is 6.11. The van der Waals surface area contributed by atoms with Crippen molar-refractivity contribution in [1.82, 2.24) is 0 Å². The normalized spacial score (nSPS) is 11.4. The number of anilines is 1. The summed E-state index contributed by atoms with van der Waals surface area (Å²) in [5.41, 5.74) is 0.648. The minimum Gasteiger partial charge on any atom is -0.497 e. The molecule has 1 aromatic rings. The molecule has 0 saturated carbocycles. The molecule has 0 radical (unpaired) electrons. The van der Waals surface area contributed by atoms with Gasteiger partial charge in [-0.25, -0.2) is 0 Å². The van der Waals surface area contributed by atoms with Crippen molar-refractivity contribution in [3.63, 3.8) is 0 Å². The van der Waals surface area contributed by atoms with Gasteiger partial charge in [0.15, 0.2) is 0 Å². The van der Waals surface area contributed by atoms with E-state index in [1.807, 2.05) is 0 Å². The molecule has 1 rings (SSSR count). The smallest absolute Gasteiger partial charge is 0.497 e. The van der Waals surface area contributed by atoms with E-state index in [4.69, 9.17) is 4.74 Å². The predicted octanol–water partition coefficient (Wildman–Crippen LogP) is 3.41. The Labute approximate surface area is 105 Å². The van der Waals surface area contributed by atoms with Crippen molar-refractivity contribution in [2.24, 2.45) is 0 Å². The van der Waals surface area contributed by atoms with Gasteiger partial charge >= 0.3 is 6.36 Å². The average Bonchev–Trinajstić information content (AvgIpc) is 2.25. The highest BCUT2D eigenvalue weighted by molar-refractivity contribution is 9.10. The molecule has 0 aliphatic carbocycles. The van der Waals surface area contributed by atoms with Crippen LogP contribution in [0.2, 0.25) is 0 Å². The maximum absolute atomic E-state index is 11.7. The van der Waals surface area contributed by atoms with Crippen molar-refractivity contribution >= 4 is 21.6 Å². The zero-order valence-corrected chi connectivity index (χ0v) is 10.6. The molecule has 7 heteroatoms. The van der Waals surface area contributed by atoms with Gasteiger partial charge in [-0.3, -0.25) is 4.74 Å². The van der Waals surface area contributed by atoms with Gasteiger partial charge in [0, 0.05) is 17.1 Å². The molecule has 0 aromatic heterocycles. The van der Waals surface area contributed by atoms with Gasteiger partial charge in [0.2, 0.25) is 0 Å². The lowest BCUT2D eigenvalue weighted by Gasteiger charge is -2.11. The first-order chi connectivity index (χ1) is 7.92. The fraction of sp³-hybridized carbons (Fsp3) is 0.400. The first-order valence-electron chi connectivity index (χ1n) is 4.70. The molecule has 0 bridgehead atoms. The molecule has 3 nitrogen and oxygen atoms in total. The Morgan fingerprint density at radius 2 is 2.06 bits per heavy atom. The summed E-state index contributed by atoms with van der Waals surface area (Å²) in [6.07, 6.45) is -4.59. The van der Waals surface area contributed by atoms with E-state index in [1.54, 1.807) is 18.2 Å². The van der Waals surface area contributed by atoms with E-state index in [9.17, 15) is 13.2 Å². The SMILES string of the molecule is COc1ccc(Br)c(NCCOC(F)(F)F)c1. The van der Waals surface area contributed by atoms with E-state index < -0.39 is 13.0 Å². The highest BCUT2D eigenvalue weighted by Gasteiger charge is 2.28. The molecule has 0 saturated heterocycles. The second-order valence-electron chi connectivity index (χ2n) is 3.07. The molecule has 0 atom stereocenters. The Bertz CT molecular complexity index is 371. The summed E-state index contributed by atoms with van der Waals surface area (Å²) in [4.78, 5) is 0. The zero-order chi connectivity index (χ0) is 12.9. The van der Waals surface area contributed by atoms with Crippen molar-refractivity contribution in [2.75, 3.05) is 25.6 Å². The molecule has 1 N–H and O–H groups in total. The van der Waals surface area contributed by atoms with Crippen LogP contribution in [0.25, 0.3) is 0 Å². The minimum absolute atomic E-state index is 0.0469. The maximum atomic E-state index is 11.7. The van der Waals surface area contributed by atoms with E-state index >= 15 is 0 Å². The average molecular weight is 314 g/mol. The summed E-state index contributed by atoms with van der Waals surface area (Å²) in [6, 6.07) is 5.16.